The molecule has 0 radical (unpaired) electrons. The van der Waals surface area contributed by atoms with E-state index < -0.39 is 210 Å². The SMILES string of the molecule is CC[C@H](C)[C@H](NC(=O)[C@H](CCC(N)=O)NC(=O)[C@@H](NC(=O)[C@@H](N)Cc1ccc(O)cc1)C(C)C)C(=O)N1CCC[C@H]1C(=O)N[C@H](C(=O)N[C@H](C(=O)N[C@@H](CS)C(=O)N[C@@H](C)C(=O)N[C@@H](CC(N)=O)C(=O)N[C@@H](CC(=O)O)C(=O)N1CCC[C@H]1C(=O)O)[C@@H](C)O)[C@@H](C)O. The molecule has 15 atom stereocenters. The molecule has 0 aromatic heterocycles. The minimum Gasteiger partial charge on any atom is -0.508 e. The molecule has 2 fully saturated rings. The largest absolute Gasteiger partial charge is 0.508 e. The summed E-state index contributed by atoms with van der Waals surface area (Å²) in [4.78, 5) is 201. The van der Waals surface area contributed by atoms with E-state index in [1.165, 1.54) is 12.1 Å². The van der Waals surface area contributed by atoms with Gasteiger partial charge in [0.1, 0.15) is 72.2 Å². The van der Waals surface area contributed by atoms with Crippen LogP contribution < -0.4 is 65.1 Å². The van der Waals surface area contributed by atoms with E-state index in [0.29, 0.717) is 5.56 Å². The fourth-order valence-electron chi connectivity index (χ4n) is 9.99. The number of benzene rings is 1. The summed E-state index contributed by atoms with van der Waals surface area (Å²) in [5.74, 6) is -17.8. The second-order valence-electron chi connectivity index (χ2n) is 23.2. The van der Waals surface area contributed by atoms with E-state index in [9.17, 15) is 97.5 Å². The second kappa shape index (κ2) is 36.4. The molecule has 0 aliphatic carbocycles. The van der Waals surface area contributed by atoms with E-state index >= 15 is 0 Å². The first kappa shape index (κ1) is 77.5. The number of carboxylic acids is 2. The highest BCUT2D eigenvalue weighted by atomic mass is 32.1. The molecule has 512 valence electrons. The van der Waals surface area contributed by atoms with E-state index in [2.05, 4.69) is 60.5 Å². The lowest BCUT2D eigenvalue weighted by atomic mass is 9.96. The van der Waals surface area contributed by atoms with Gasteiger partial charge in [-0.1, -0.05) is 46.2 Å². The van der Waals surface area contributed by atoms with Crippen LogP contribution in [0.5, 0.6) is 5.75 Å². The molecule has 2 aliphatic rings. The Hall–Kier alpha value is -8.70. The average Bonchev–Trinajstić information content (AvgIpc) is 1.59. The van der Waals surface area contributed by atoms with Crippen LogP contribution in [0.15, 0.2) is 24.3 Å². The minimum atomic E-state index is -1.92. The number of aromatic hydroxyl groups is 1. The van der Waals surface area contributed by atoms with Gasteiger partial charge in [0.15, 0.2) is 0 Å². The molecule has 1 aromatic rings. The fraction of sp³-hybridized carbons (Fsp3) is 0.632. The third kappa shape index (κ3) is 23.2. The maximum Gasteiger partial charge on any atom is 0.326 e. The maximum absolute atomic E-state index is 14.6. The van der Waals surface area contributed by atoms with Gasteiger partial charge in [-0.3, -0.25) is 67.1 Å². The summed E-state index contributed by atoms with van der Waals surface area (Å²) in [5.41, 5.74) is 17.5. The number of aliphatic carboxylic acids is 2. The molecule has 0 unspecified atom stereocenters. The van der Waals surface area contributed by atoms with Crippen molar-refractivity contribution in [2.24, 2.45) is 29.0 Å². The Kier molecular flexibility index (Phi) is 30.7. The predicted molar refractivity (Wildman–Crippen MR) is 326 cm³/mol. The number of carboxylic acid groups (broad SMARTS) is 2. The standard InChI is InChI=1S/C57H88N14O20S/c1-8-26(4)43(67-48(81)33(17-18-39(59)75)62-52(85)42(25(2)3)66-47(80)32(58)21-30-13-15-31(74)16-14-30)56(89)70-19-9-11-37(70)51(84)68-45(29(7)73)54(87)69-44(28(6)72)53(86)65-36(24-92)50(83)61-27(5)46(79)63-34(22-40(60)76)49(82)64-35(23-41(77)78)55(88)71-20-10-12-38(71)57(90)91/h13-16,25-29,32-38,42-45,72-74,92H,8-12,17-24,58H2,1-7H3,(H2,59,75)(H2,60,76)(H,61,83)(H,62,85)(H,63,79)(H,64,82)(H,65,86)(H,66,80)(H,67,81)(H,68,84)(H,69,87)(H,77,78)(H,90,91)/t26-,27-,28+,29+,32-,33-,34-,35-,36-,37-,38-,42-,43-,44-,45-/m0/s1. The van der Waals surface area contributed by atoms with Crippen LogP contribution in [-0.4, -0.2) is 228 Å². The molecule has 0 saturated carbocycles. The molecule has 13 amide bonds. The molecule has 0 bridgehead atoms. The highest BCUT2D eigenvalue weighted by Crippen LogP contribution is 2.23. The quantitative estimate of drug-likeness (QED) is 0.0278. The van der Waals surface area contributed by atoms with Crippen molar-refractivity contribution in [3.05, 3.63) is 29.8 Å². The summed E-state index contributed by atoms with van der Waals surface area (Å²) in [6.45, 7) is 9.79. The number of hydrogen-bond donors (Lipinski definition) is 18. The predicted octanol–water partition coefficient (Wildman–Crippen LogP) is -6.28. The van der Waals surface area contributed by atoms with E-state index in [-0.39, 0.29) is 63.8 Å². The van der Waals surface area contributed by atoms with Gasteiger partial charge >= 0.3 is 11.9 Å². The first-order valence-electron chi connectivity index (χ1n) is 29.9. The van der Waals surface area contributed by atoms with Gasteiger partial charge in [-0.2, -0.15) is 12.6 Å². The third-order valence-electron chi connectivity index (χ3n) is 15.4. The Morgan fingerprint density at radius 1 is 0.554 bits per heavy atom. The van der Waals surface area contributed by atoms with Gasteiger partial charge in [-0.15, -0.1) is 0 Å². The molecule has 3 rings (SSSR count). The molecule has 2 heterocycles. The third-order valence-corrected chi connectivity index (χ3v) is 15.8. The van der Waals surface area contributed by atoms with Crippen LogP contribution in [0.1, 0.15) is 112 Å². The number of amides is 13. The van der Waals surface area contributed by atoms with Crippen LogP contribution in [0, 0.1) is 11.8 Å². The number of thiol groups is 1. The van der Waals surface area contributed by atoms with Crippen LogP contribution in [-0.2, 0) is 78.3 Å². The monoisotopic (exact) mass is 1320 g/mol. The van der Waals surface area contributed by atoms with Crippen molar-refractivity contribution in [2.75, 3.05) is 18.8 Å². The van der Waals surface area contributed by atoms with E-state index in [1.54, 1.807) is 39.8 Å². The Morgan fingerprint density at radius 3 is 1.55 bits per heavy atom. The molecule has 2 saturated heterocycles. The highest BCUT2D eigenvalue weighted by Gasteiger charge is 2.44. The van der Waals surface area contributed by atoms with Crippen LogP contribution in [0.4, 0.5) is 0 Å². The van der Waals surface area contributed by atoms with Crippen molar-refractivity contribution in [3.63, 3.8) is 0 Å². The van der Waals surface area contributed by atoms with Gasteiger partial charge in [0.2, 0.25) is 76.8 Å². The number of nitrogens with one attached hydrogen (secondary N) is 9. The molecular weight excluding hydrogens is 1230 g/mol. The Labute approximate surface area is 535 Å². The smallest absolute Gasteiger partial charge is 0.326 e. The van der Waals surface area contributed by atoms with Gasteiger partial charge in [0.25, 0.3) is 0 Å². The van der Waals surface area contributed by atoms with Gasteiger partial charge in [0.05, 0.1) is 31.1 Å². The lowest BCUT2D eigenvalue weighted by molar-refractivity contribution is -0.151. The maximum atomic E-state index is 14.6. The van der Waals surface area contributed by atoms with Crippen LogP contribution in [0.25, 0.3) is 0 Å². The summed E-state index contributed by atoms with van der Waals surface area (Å²) in [6, 6.07) is -12.6. The molecule has 35 heteroatoms. The van der Waals surface area contributed by atoms with Crippen LogP contribution in [0.3, 0.4) is 0 Å². The van der Waals surface area contributed by atoms with Crippen LogP contribution >= 0.6 is 12.6 Å². The summed E-state index contributed by atoms with van der Waals surface area (Å²) in [7, 11) is 0. The van der Waals surface area contributed by atoms with Crippen molar-refractivity contribution < 1.29 is 97.5 Å². The van der Waals surface area contributed by atoms with E-state index in [1.807, 2.05) is 0 Å². The lowest BCUT2D eigenvalue weighted by Crippen LogP contribution is -2.63. The number of carbonyl (C=O) groups excluding carboxylic acids is 13. The van der Waals surface area contributed by atoms with E-state index in [0.717, 1.165) is 30.6 Å². The summed E-state index contributed by atoms with van der Waals surface area (Å²) < 4.78 is 0. The summed E-state index contributed by atoms with van der Waals surface area (Å²) >= 11 is 4.10. The number of phenolic OH excluding ortho intramolecular Hbond substituents is 1. The Morgan fingerprint density at radius 2 is 1.03 bits per heavy atom. The zero-order chi connectivity index (χ0) is 69.6. The topological polar surface area (TPSA) is 550 Å². The summed E-state index contributed by atoms with van der Waals surface area (Å²) in [6.07, 6.45) is -5.19. The zero-order valence-electron chi connectivity index (χ0n) is 52.2. The zero-order valence-corrected chi connectivity index (χ0v) is 53.1. The molecule has 34 nitrogen and oxygen atoms in total. The first-order chi connectivity index (χ1) is 43.0. The molecule has 20 N–H and O–H groups in total. The van der Waals surface area contributed by atoms with E-state index in [4.69, 9.17) is 17.2 Å². The number of primary amides is 2. The molecule has 92 heavy (non-hydrogen) atoms. The van der Waals surface area contributed by atoms with Gasteiger partial charge < -0.3 is 100 Å². The number of aliphatic hydroxyl groups is 2. The minimum absolute atomic E-state index is 0.00281. The number of carbonyl (C=O) groups is 15. The highest BCUT2D eigenvalue weighted by molar-refractivity contribution is 7.80. The second-order valence-corrected chi connectivity index (χ2v) is 23.5. The van der Waals surface area contributed by atoms with Gasteiger partial charge in [-0.25, -0.2) is 4.79 Å². The van der Waals surface area contributed by atoms with Crippen molar-refractivity contribution in [2.45, 2.75) is 197 Å². The van der Waals surface area contributed by atoms with Gasteiger partial charge in [-0.05, 0) is 88.8 Å². The fourth-order valence-corrected chi connectivity index (χ4v) is 10.2. The molecule has 1 aromatic carbocycles. The lowest BCUT2D eigenvalue weighted by Gasteiger charge is -2.33. The number of likely N-dealkylation sites (tertiary alicyclic amines) is 2. The Bertz CT molecular complexity index is 2860. The molecular formula is C57H88N14O20S. The van der Waals surface area contributed by atoms with Crippen LogP contribution in [0.2, 0.25) is 0 Å². The normalized spacial score (nSPS) is 18.8. The number of aliphatic hydroxyl groups excluding tert-OH is 2. The molecule has 0 spiro atoms. The average molecular weight is 1320 g/mol. The number of hydrogen-bond acceptors (Lipinski definition) is 20. The summed E-state index contributed by atoms with van der Waals surface area (Å²) in [5, 5.41) is 71.5. The Balaban J connectivity index is 1.73. The number of nitrogens with two attached hydrogens (primary N) is 3. The first-order valence-corrected chi connectivity index (χ1v) is 30.5. The number of nitrogens with zero attached hydrogens (tertiary/aromatic N) is 2. The van der Waals surface area contributed by atoms with Gasteiger partial charge in [0, 0.05) is 25.3 Å². The van der Waals surface area contributed by atoms with Crippen molar-refractivity contribution in [1.29, 1.82) is 0 Å². The van der Waals surface area contributed by atoms with Crippen molar-refractivity contribution in [1.82, 2.24) is 57.7 Å². The number of rotatable bonds is 36. The van der Waals surface area contributed by atoms with Crippen molar-refractivity contribution in [3.8, 4) is 5.75 Å². The molecule has 2 aliphatic heterocycles. The number of phenols is 1. The van der Waals surface area contributed by atoms with Crippen molar-refractivity contribution >= 4 is 101 Å².